The van der Waals surface area contributed by atoms with Crippen LogP contribution < -0.4 is 0 Å². The van der Waals surface area contributed by atoms with Gasteiger partial charge in [0.25, 0.3) is 0 Å². The van der Waals surface area contributed by atoms with Crippen LogP contribution in [0.15, 0.2) is 115 Å². The number of hydrogen-bond acceptors (Lipinski definition) is 3. The highest BCUT2D eigenvalue weighted by Gasteiger charge is 2.17. The van der Waals surface area contributed by atoms with E-state index < -0.39 is 0 Å². The van der Waals surface area contributed by atoms with Gasteiger partial charge in [0.1, 0.15) is 0 Å². The molecule has 0 bridgehead atoms. The third kappa shape index (κ3) is 3.07. The molecule has 0 saturated heterocycles. The molecule has 0 amide bonds. The van der Waals surface area contributed by atoms with Crippen molar-refractivity contribution in [2.24, 2.45) is 0 Å². The van der Waals surface area contributed by atoms with Crippen molar-refractivity contribution in [3.05, 3.63) is 121 Å². The zero-order valence-corrected chi connectivity index (χ0v) is 20.9. The molecule has 5 heteroatoms. The molecule has 38 heavy (non-hydrogen) atoms. The highest BCUT2D eigenvalue weighted by Crippen LogP contribution is 2.37. The molecule has 4 nitrogen and oxygen atoms in total. The number of rotatable bonds is 2. The van der Waals surface area contributed by atoms with Gasteiger partial charge < -0.3 is 0 Å². The number of halogens is 1. The van der Waals surface area contributed by atoms with Crippen LogP contribution in [-0.4, -0.2) is 19.5 Å². The van der Waals surface area contributed by atoms with Gasteiger partial charge >= 0.3 is 0 Å². The molecule has 0 spiro atoms. The minimum Gasteiger partial charge on any atom is -0.278 e. The summed E-state index contributed by atoms with van der Waals surface area (Å²) in [6, 6.07) is 40.1. The summed E-state index contributed by atoms with van der Waals surface area (Å²) in [7, 11) is 0. The Labute approximate surface area is 222 Å². The molecular weight excluding hydrogens is 488 g/mol. The SMILES string of the molecule is Clc1nc(-c2ccc3c4ccccc4c4ccccc4c3c2)nc(-n2c3ccccc3c3ccccc32)n1. The van der Waals surface area contributed by atoms with Crippen molar-refractivity contribution >= 4 is 65.7 Å². The van der Waals surface area contributed by atoms with Gasteiger partial charge in [-0.15, -0.1) is 0 Å². The zero-order valence-electron chi connectivity index (χ0n) is 20.1. The van der Waals surface area contributed by atoms with Crippen LogP contribution in [0.1, 0.15) is 0 Å². The fourth-order valence-electron chi connectivity index (χ4n) is 5.75. The van der Waals surface area contributed by atoms with Crippen LogP contribution in [0.5, 0.6) is 0 Å². The molecule has 0 aliphatic carbocycles. The maximum Gasteiger partial charge on any atom is 0.239 e. The molecule has 8 aromatic rings. The van der Waals surface area contributed by atoms with Gasteiger partial charge in [0.2, 0.25) is 11.2 Å². The molecule has 178 valence electrons. The summed E-state index contributed by atoms with van der Waals surface area (Å²) in [6.07, 6.45) is 0. The second-order valence-electron chi connectivity index (χ2n) is 9.45. The van der Waals surface area contributed by atoms with E-state index in [4.69, 9.17) is 16.6 Å². The Morgan fingerprint density at radius 2 is 0.921 bits per heavy atom. The lowest BCUT2D eigenvalue weighted by Crippen LogP contribution is -2.04. The largest absolute Gasteiger partial charge is 0.278 e. The van der Waals surface area contributed by atoms with Gasteiger partial charge in [0.15, 0.2) is 5.82 Å². The topological polar surface area (TPSA) is 43.6 Å². The van der Waals surface area contributed by atoms with Crippen molar-refractivity contribution in [1.82, 2.24) is 19.5 Å². The number of nitrogens with zero attached hydrogens (tertiary/aromatic N) is 4. The lowest BCUT2D eigenvalue weighted by molar-refractivity contribution is 0.947. The molecule has 0 radical (unpaired) electrons. The Kier molecular flexibility index (Phi) is 4.54. The minimum atomic E-state index is 0.162. The monoisotopic (exact) mass is 506 g/mol. The highest BCUT2D eigenvalue weighted by atomic mass is 35.5. The van der Waals surface area contributed by atoms with Gasteiger partial charge in [0.05, 0.1) is 11.0 Å². The van der Waals surface area contributed by atoms with E-state index in [1.807, 2.05) is 24.3 Å². The van der Waals surface area contributed by atoms with Crippen molar-refractivity contribution in [3.63, 3.8) is 0 Å². The number of para-hydroxylation sites is 2. The Morgan fingerprint density at radius 3 is 1.50 bits per heavy atom. The molecule has 2 aromatic heterocycles. The highest BCUT2D eigenvalue weighted by molar-refractivity contribution is 6.28. The summed E-state index contributed by atoms with van der Waals surface area (Å²) < 4.78 is 2.06. The molecule has 0 fully saturated rings. The first-order chi connectivity index (χ1) is 18.8. The van der Waals surface area contributed by atoms with Gasteiger partial charge in [-0.1, -0.05) is 97.1 Å². The molecule has 0 aliphatic rings. The van der Waals surface area contributed by atoms with E-state index in [2.05, 4.69) is 106 Å². The summed E-state index contributed by atoms with van der Waals surface area (Å²) in [5.74, 6) is 1.04. The van der Waals surface area contributed by atoms with Crippen LogP contribution in [-0.2, 0) is 0 Å². The standard InChI is InChI=1S/C33H19ClN4/c34-32-35-31(36-33(37-32)38-29-15-7-5-13-26(29)27-14-6-8-16-30(27)38)20-17-18-25-23-11-2-1-9-21(23)22-10-3-4-12-24(22)28(25)19-20/h1-19H. The van der Waals surface area contributed by atoms with E-state index >= 15 is 0 Å². The van der Waals surface area contributed by atoms with Crippen LogP contribution in [0.4, 0.5) is 0 Å². The molecule has 6 aromatic carbocycles. The second kappa shape index (κ2) is 8.10. The predicted molar refractivity (Wildman–Crippen MR) is 157 cm³/mol. The fourth-order valence-corrected chi connectivity index (χ4v) is 5.91. The van der Waals surface area contributed by atoms with E-state index in [1.165, 1.54) is 26.9 Å². The third-order valence-corrected chi connectivity index (χ3v) is 7.55. The number of aromatic nitrogens is 4. The first-order valence-electron chi connectivity index (χ1n) is 12.5. The Balaban J connectivity index is 1.40. The van der Waals surface area contributed by atoms with Crippen molar-refractivity contribution in [2.45, 2.75) is 0 Å². The number of hydrogen-bond donors (Lipinski definition) is 0. The maximum absolute atomic E-state index is 6.54. The zero-order chi connectivity index (χ0) is 25.2. The van der Waals surface area contributed by atoms with E-state index in [1.54, 1.807) is 0 Å². The summed E-state index contributed by atoms with van der Waals surface area (Å²) >= 11 is 6.54. The van der Waals surface area contributed by atoms with Crippen molar-refractivity contribution < 1.29 is 0 Å². The summed E-state index contributed by atoms with van der Waals surface area (Å²) in [6.45, 7) is 0. The van der Waals surface area contributed by atoms with E-state index in [-0.39, 0.29) is 5.28 Å². The fraction of sp³-hybridized carbons (Fsp3) is 0. The summed E-state index contributed by atoms with van der Waals surface area (Å²) in [5.41, 5.74) is 2.94. The molecule has 0 N–H and O–H groups in total. The Hall–Kier alpha value is -4.80. The average Bonchev–Trinajstić information content (AvgIpc) is 3.31. The summed E-state index contributed by atoms with van der Waals surface area (Å²) in [4.78, 5) is 14.1. The average molecular weight is 507 g/mol. The Bertz CT molecular complexity index is 2130. The molecule has 0 aliphatic heterocycles. The van der Waals surface area contributed by atoms with Gasteiger partial charge in [-0.05, 0) is 62.1 Å². The quantitative estimate of drug-likeness (QED) is 0.220. The summed E-state index contributed by atoms with van der Waals surface area (Å²) in [5, 5.41) is 9.72. The first kappa shape index (κ1) is 21.3. The molecule has 0 atom stereocenters. The van der Waals surface area contributed by atoms with E-state index in [0.29, 0.717) is 11.8 Å². The first-order valence-corrected chi connectivity index (χ1v) is 12.9. The minimum absolute atomic E-state index is 0.162. The van der Waals surface area contributed by atoms with Gasteiger partial charge in [-0.25, -0.2) is 0 Å². The van der Waals surface area contributed by atoms with Gasteiger partial charge in [0, 0.05) is 16.3 Å². The second-order valence-corrected chi connectivity index (χ2v) is 9.79. The third-order valence-electron chi connectivity index (χ3n) is 7.38. The number of benzene rings is 6. The van der Waals surface area contributed by atoms with Crippen LogP contribution in [0, 0.1) is 0 Å². The van der Waals surface area contributed by atoms with Crippen molar-refractivity contribution in [1.29, 1.82) is 0 Å². The van der Waals surface area contributed by atoms with Crippen LogP contribution in [0.25, 0.3) is 71.5 Å². The lowest BCUT2D eigenvalue weighted by atomic mass is 9.93. The van der Waals surface area contributed by atoms with Crippen LogP contribution in [0.3, 0.4) is 0 Å². The molecule has 8 rings (SSSR count). The van der Waals surface area contributed by atoms with E-state index in [9.17, 15) is 0 Å². The van der Waals surface area contributed by atoms with Crippen LogP contribution in [0.2, 0.25) is 5.28 Å². The predicted octanol–water partition coefficient (Wildman–Crippen LogP) is 8.75. The maximum atomic E-state index is 6.54. The van der Waals surface area contributed by atoms with Crippen molar-refractivity contribution in [3.8, 4) is 17.3 Å². The molecule has 0 saturated carbocycles. The normalized spacial score (nSPS) is 11.8. The molecule has 2 heterocycles. The molecular formula is C33H19ClN4. The molecule has 0 unspecified atom stereocenters. The number of fused-ring (bicyclic) bond motifs is 9. The van der Waals surface area contributed by atoms with Gasteiger partial charge in [-0.2, -0.15) is 15.0 Å². The van der Waals surface area contributed by atoms with Gasteiger partial charge in [-0.3, -0.25) is 4.57 Å². The van der Waals surface area contributed by atoms with Crippen LogP contribution >= 0.6 is 11.6 Å². The van der Waals surface area contributed by atoms with E-state index in [0.717, 1.165) is 32.8 Å². The lowest BCUT2D eigenvalue weighted by Gasteiger charge is -2.12. The van der Waals surface area contributed by atoms with Crippen molar-refractivity contribution in [2.75, 3.05) is 0 Å². The Morgan fingerprint density at radius 1 is 0.447 bits per heavy atom. The smallest absolute Gasteiger partial charge is 0.239 e.